The van der Waals surface area contributed by atoms with Crippen LogP contribution in [0.2, 0.25) is 0 Å². The number of nitrogen functional groups attached to an aromatic ring is 1. The third-order valence-corrected chi connectivity index (χ3v) is 6.84. The summed E-state index contributed by atoms with van der Waals surface area (Å²) in [6, 6.07) is 12.5. The van der Waals surface area contributed by atoms with Crippen molar-refractivity contribution in [2.45, 2.75) is 71.0 Å². The van der Waals surface area contributed by atoms with Crippen LogP contribution >= 0.6 is 0 Å². The number of piperidine rings is 1. The molecule has 0 radical (unpaired) electrons. The molecule has 2 atom stereocenters. The molecule has 3 heterocycles. The number of likely N-dealkylation sites (tertiary alicyclic amines) is 1. The Labute approximate surface area is 195 Å². The van der Waals surface area contributed by atoms with Crippen molar-refractivity contribution in [2.75, 3.05) is 6.54 Å². The number of para-hydroxylation sites is 2. The highest BCUT2D eigenvalue weighted by molar-refractivity contribution is 5.94. The Morgan fingerprint density at radius 3 is 2.58 bits per heavy atom. The minimum Gasteiger partial charge on any atom is -0.382 e. The van der Waals surface area contributed by atoms with E-state index in [1.54, 1.807) is 18.3 Å². The lowest BCUT2D eigenvalue weighted by atomic mass is 9.97. The van der Waals surface area contributed by atoms with Gasteiger partial charge in [-0.1, -0.05) is 25.0 Å². The SMILES string of the molecule is C[C@@H]1CCC[C@H](C)N1CCCCCn1c(=O)c(-c2ccnc(C(=N)N)c2)nc2ccccc21. The Hall–Kier alpha value is -3.06. The molecule has 0 bridgehead atoms. The van der Waals surface area contributed by atoms with Crippen LogP contribution in [0.1, 0.15) is 58.1 Å². The zero-order valence-electron chi connectivity index (χ0n) is 19.6. The Morgan fingerprint density at radius 2 is 1.82 bits per heavy atom. The molecule has 1 aromatic carbocycles. The fraction of sp³-hybridized carbons (Fsp3) is 0.462. The van der Waals surface area contributed by atoms with Crippen LogP contribution in [0, 0.1) is 5.41 Å². The first-order chi connectivity index (χ1) is 16.0. The number of nitrogens with zero attached hydrogens (tertiary/aromatic N) is 4. The van der Waals surface area contributed by atoms with Crippen molar-refractivity contribution in [3.8, 4) is 11.3 Å². The molecule has 174 valence electrons. The second-order valence-corrected chi connectivity index (χ2v) is 9.18. The molecule has 0 unspecified atom stereocenters. The molecule has 7 nitrogen and oxygen atoms in total. The molecule has 1 aliphatic heterocycles. The fourth-order valence-corrected chi connectivity index (χ4v) is 4.98. The molecule has 0 saturated carbocycles. The van der Waals surface area contributed by atoms with Gasteiger partial charge in [-0.3, -0.25) is 20.1 Å². The molecule has 1 saturated heterocycles. The molecule has 33 heavy (non-hydrogen) atoms. The standard InChI is InChI=1S/C26H34N6O/c1-18-9-8-10-19(2)31(18)15-6-3-7-16-32-23-12-5-4-11-21(23)30-24(26(32)33)20-13-14-29-22(17-20)25(27)28/h4-5,11-14,17-19H,3,6-10,15-16H2,1-2H3,(H3,27,28)/t18-,19+. The van der Waals surface area contributed by atoms with Gasteiger partial charge < -0.3 is 10.3 Å². The monoisotopic (exact) mass is 446 g/mol. The average Bonchev–Trinajstić information content (AvgIpc) is 2.81. The number of fused-ring (bicyclic) bond motifs is 1. The average molecular weight is 447 g/mol. The quantitative estimate of drug-likeness (QED) is 0.307. The van der Waals surface area contributed by atoms with E-state index in [9.17, 15) is 4.79 Å². The number of aryl methyl sites for hydroxylation is 1. The van der Waals surface area contributed by atoms with Gasteiger partial charge in [0.15, 0.2) is 0 Å². The minimum absolute atomic E-state index is 0.118. The van der Waals surface area contributed by atoms with Gasteiger partial charge in [-0.25, -0.2) is 4.98 Å². The van der Waals surface area contributed by atoms with Crippen LogP contribution in [-0.4, -0.2) is 43.9 Å². The van der Waals surface area contributed by atoms with Crippen molar-refractivity contribution < 1.29 is 0 Å². The van der Waals surface area contributed by atoms with Gasteiger partial charge >= 0.3 is 0 Å². The summed E-state index contributed by atoms with van der Waals surface area (Å²) in [4.78, 5) is 24.9. The number of hydrogen-bond donors (Lipinski definition) is 2. The fourth-order valence-electron chi connectivity index (χ4n) is 4.98. The van der Waals surface area contributed by atoms with Crippen molar-refractivity contribution in [3.63, 3.8) is 0 Å². The lowest BCUT2D eigenvalue weighted by molar-refractivity contribution is 0.101. The van der Waals surface area contributed by atoms with E-state index in [1.807, 2.05) is 28.8 Å². The Kier molecular flexibility index (Phi) is 7.18. The molecular weight excluding hydrogens is 412 g/mol. The normalized spacial score (nSPS) is 19.1. The van der Waals surface area contributed by atoms with Gasteiger partial charge in [0.2, 0.25) is 0 Å². The molecular formula is C26H34N6O. The summed E-state index contributed by atoms with van der Waals surface area (Å²) in [5.74, 6) is -0.129. The molecule has 3 N–H and O–H groups in total. The topological polar surface area (TPSA) is 101 Å². The van der Waals surface area contributed by atoms with E-state index >= 15 is 0 Å². The first-order valence-corrected chi connectivity index (χ1v) is 12.0. The smallest absolute Gasteiger partial charge is 0.277 e. The third kappa shape index (κ3) is 5.14. The lowest BCUT2D eigenvalue weighted by Crippen LogP contribution is -2.44. The maximum atomic E-state index is 13.4. The Bertz CT molecular complexity index is 1180. The molecule has 1 fully saturated rings. The minimum atomic E-state index is -0.129. The van der Waals surface area contributed by atoms with E-state index in [2.05, 4.69) is 28.7 Å². The summed E-state index contributed by atoms with van der Waals surface area (Å²) in [5.41, 5.74) is 8.46. The van der Waals surface area contributed by atoms with Gasteiger partial charge in [-0.2, -0.15) is 0 Å². The van der Waals surface area contributed by atoms with Crippen LogP contribution in [0.25, 0.3) is 22.3 Å². The van der Waals surface area contributed by atoms with E-state index in [0.717, 1.165) is 36.8 Å². The van der Waals surface area contributed by atoms with Gasteiger partial charge in [0.1, 0.15) is 17.2 Å². The van der Waals surface area contributed by atoms with Gasteiger partial charge in [0.05, 0.1) is 11.0 Å². The van der Waals surface area contributed by atoms with E-state index in [0.29, 0.717) is 35.6 Å². The molecule has 2 aromatic heterocycles. The second-order valence-electron chi connectivity index (χ2n) is 9.18. The number of benzene rings is 1. The molecule has 7 heteroatoms. The molecule has 0 spiro atoms. The number of nitrogens with two attached hydrogens (primary N) is 1. The largest absolute Gasteiger partial charge is 0.382 e. The maximum Gasteiger partial charge on any atom is 0.277 e. The van der Waals surface area contributed by atoms with E-state index in [4.69, 9.17) is 11.1 Å². The summed E-state index contributed by atoms with van der Waals surface area (Å²) in [6.07, 6.45) is 8.67. The summed E-state index contributed by atoms with van der Waals surface area (Å²) >= 11 is 0. The second kappa shape index (κ2) is 10.3. The zero-order valence-corrected chi connectivity index (χ0v) is 19.6. The molecule has 3 aromatic rings. The first-order valence-electron chi connectivity index (χ1n) is 12.0. The summed E-state index contributed by atoms with van der Waals surface area (Å²) in [5, 5.41) is 7.66. The molecule has 0 aliphatic carbocycles. The van der Waals surface area contributed by atoms with Crippen molar-refractivity contribution in [1.29, 1.82) is 5.41 Å². The first kappa shape index (κ1) is 23.1. The molecule has 4 rings (SSSR count). The highest BCUT2D eigenvalue weighted by Gasteiger charge is 2.23. The van der Waals surface area contributed by atoms with Gasteiger partial charge in [0, 0.05) is 30.4 Å². The number of pyridine rings is 1. The van der Waals surface area contributed by atoms with Crippen LogP contribution in [0.3, 0.4) is 0 Å². The number of nitrogens with one attached hydrogen (secondary N) is 1. The third-order valence-electron chi connectivity index (χ3n) is 6.84. The maximum absolute atomic E-state index is 13.4. The predicted octanol–water partition coefficient (Wildman–Crippen LogP) is 4.18. The predicted molar refractivity (Wildman–Crippen MR) is 134 cm³/mol. The summed E-state index contributed by atoms with van der Waals surface area (Å²) < 4.78 is 1.84. The van der Waals surface area contributed by atoms with Crippen molar-refractivity contribution in [2.24, 2.45) is 5.73 Å². The zero-order chi connectivity index (χ0) is 23.4. The van der Waals surface area contributed by atoms with Gasteiger partial charge in [-0.05, 0) is 70.3 Å². The molecule has 0 amide bonds. The number of aromatic nitrogens is 3. The number of rotatable bonds is 8. The lowest BCUT2D eigenvalue weighted by Gasteiger charge is -2.39. The number of amidine groups is 1. The number of hydrogen-bond acceptors (Lipinski definition) is 5. The van der Waals surface area contributed by atoms with Gasteiger partial charge in [-0.15, -0.1) is 0 Å². The van der Waals surface area contributed by atoms with Crippen LogP contribution < -0.4 is 11.3 Å². The van der Waals surface area contributed by atoms with Gasteiger partial charge in [0.25, 0.3) is 5.56 Å². The highest BCUT2D eigenvalue weighted by Crippen LogP contribution is 2.23. The van der Waals surface area contributed by atoms with Crippen LogP contribution in [0.15, 0.2) is 47.4 Å². The van der Waals surface area contributed by atoms with Crippen molar-refractivity contribution in [3.05, 3.63) is 58.6 Å². The van der Waals surface area contributed by atoms with E-state index in [-0.39, 0.29) is 11.4 Å². The number of unbranched alkanes of at least 4 members (excludes halogenated alkanes) is 2. The van der Waals surface area contributed by atoms with Crippen LogP contribution in [-0.2, 0) is 6.54 Å². The Morgan fingerprint density at radius 1 is 1.09 bits per heavy atom. The van der Waals surface area contributed by atoms with Crippen molar-refractivity contribution >= 4 is 16.9 Å². The van der Waals surface area contributed by atoms with Crippen LogP contribution in [0.5, 0.6) is 0 Å². The van der Waals surface area contributed by atoms with E-state index < -0.39 is 0 Å². The Balaban J connectivity index is 1.52. The summed E-state index contributed by atoms with van der Waals surface area (Å²) in [6.45, 7) is 6.47. The summed E-state index contributed by atoms with van der Waals surface area (Å²) in [7, 11) is 0. The van der Waals surface area contributed by atoms with E-state index in [1.165, 1.54) is 19.3 Å². The molecule has 1 aliphatic rings. The van der Waals surface area contributed by atoms with Crippen LogP contribution in [0.4, 0.5) is 0 Å². The van der Waals surface area contributed by atoms with Crippen molar-refractivity contribution in [1.82, 2.24) is 19.4 Å². The highest BCUT2D eigenvalue weighted by atomic mass is 16.1.